The second-order valence-electron chi connectivity index (χ2n) is 6.97. The van der Waals surface area contributed by atoms with E-state index in [1.54, 1.807) is 27.4 Å². The molecule has 7 nitrogen and oxygen atoms in total. The largest absolute Gasteiger partial charge is 0.312 e. The van der Waals surface area contributed by atoms with Crippen molar-refractivity contribution < 1.29 is 4.39 Å². The maximum atomic E-state index is 13.3. The number of aromatic nitrogens is 5. The maximum Gasteiger partial charge on any atom is 0.280 e. The fraction of sp³-hybridized carbons (Fsp3) is 0.300. The zero-order valence-corrected chi connectivity index (χ0v) is 16.1. The van der Waals surface area contributed by atoms with Gasteiger partial charge in [0.05, 0.1) is 11.3 Å². The number of benzene rings is 1. The Bertz CT molecular complexity index is 1210. The fourth-order valence-corrected chi connectivity index (χ4v) is 3.27. The molecule has 0 saturated heterocycles. The molecular weight excluding hydrogens is 359 g/mol. The van der Waals surface area contributed by atoms with E-state index in [1.807, 2.05) is 32.0 Å². The van der Waals surface area contributed by atoms with Crippen molar-refractivity contribution in [2.45, 2.75) is 19.9 Å². The van der Waals surface area contributed by atoms with E-state index >= 15 is 0 Å². The van der Waals surface area contributed by atoms with E-state index in [2.05, 4.69) is 15.3 Å². The van der Waals surface area contributed by atoms with Crippen molar-refractivity contribution in [3.63, 3.8) is 0 Å². The van der Waals surface area contributed by atoms with E-state index in [9.17, 15) is 9.18 Å². The van der Waals surface area contributed by atoms with Gasteiger partial charge in [-0.15, -0.1) is 10.2 Å². The Morgan fingerprint density at radius 3 is 2.54 bits per heavy atom. The number of fused-ring (bicyclic) bond motifs is 3. The van der Waals surface area contributed by atoms with Crippen molar-refractivity contribution >= 4 is 16.7 Å². The van der Waals surface area contributed by atoms with Gasteiger partial charge < -0.3 is 9.47 Å². The van der Waals surface area contributed by atoms with Crippen LogP contribution in [0.1, 0.15) is 12.6 Å². The minimum atomic E-state index is -0.298. The number of halogens is 1. The molecule has 3 heterocycles. The summed E-state index contributed by atoms with van der Waals surface area (Å²) in [6, 6.07) is 8.08. The number of aryl methyl sites for hydroxylation is 1. The van der Waals surface area contributed by atoms with E-state index in [4.69, 9.17) is 0 Å². The summed E-state index contributed by atoms with van der Waals surface area (Å²) in [4.78, 5) is 14.8. The Kier molecular flexibility index (Phi) is 4.64. The zero-order valence-electron chi connectivity index (χ0n) is 16.1. The highest BCUT2D eigenvalue weighted by Crippen LogP contribution is 2.29. The Balaban J connectivity index is 1.92. The molecule has 0 atom stereocenters. The first-order valence-electron chi connectivity index (χ1n) is 9.17. The van der Waals surface area contributed by atoms with Gasteiger partial charge in [-0.25, -0.2) is 8.91 Å². The Morgan fingerprint density at radius 1 is 1.11 bits per heavy atom. The summed E-state index contributed by atoms with van der Waals surface area (Å²) in [5.74, 6) is -0.298. The lowest BCUT2D eigenvalue weighted by Gasteiger charge is -2.11. The molecule has 0 unspecified atom stereocenters. The molecule has 4 rings (SSSR count). The Labute approximate surface area is 161 Å². The summed E-state index contributed by atoms with van der Waals surface area (Å²) in [5, 5.41) is 13.2. The van der Waals surface area contributed by atoms with Gasteiger partial charge in [0.25, 0.3) is 5.56 Å². The average molecular weight is 380 g/mol. The summed E-state index contributed by atoms with van der Waals surface area (Å²) >= 11 is 0. The lowest BCUT2D eigenvalue weighted by atomic mass is 10.0. The van der Waals surface area contributed by atoms with Gasteiger partial charge in [-0.05, 0) is 44.3 Å². The number of pyridine rings is 1. The third kappa shape index (κ3) is 3.05. The normalized spacial score (nSPS) is 11.8. The van der Waals surface area contributed by atoms with E-state index < -0.39 is 0 Å². The Morgan fingerprint density at radius 2 is 1.86 bits per heavy atom. The van der Waals surface area contributed by atoms with Gasteiger partial charge in [-0.2, -0.15) is 5.10 Å². The van der Waals surface area contributed by atoms with Gasteiger partial charge in [-0.3, -0.25) is 4.79 Å². The van der Waals surface area contributed by atoms with Crippen molar-refractivity contribution in [1.82, 2.24) is 29.3 Å². The van der Waals surface area contributed by atoms with Crippen molar-refractivity contribution in [3.05, 3.63) is 58.4 Å². The topological polar surface area (TPSA) is 68.3 Å². The minimum absolute atomic E-state index is 0.189. The molecule has 1 aromatic carbocycles. The molecule has 0 bridgehead atoms. The molecule has 0 aliphatic heterocycles. The highest BCUT2D eigenvalue weighted by molar-refractivity contribution is 5.84. The van der Waals surface area contributed by atoms with Gasteiger partial charge >= 0.3 is 0 Å². The van der Waals surface area contributed by atoms with Crippen LogP contribution in [0.15, 0.2) is 41.3 Å². The quantitative estimate of drug-likeness (QED) is 0.532. The molecule has 0 saturated carbocycles. The lowest BCUT2D eigenvalue weighted by molar-refractivity contribution is 0.381. The van der Waals surface area contributed by atoms with Crippen LogP contribution in [0.25, 0.3) is 27.8 Å². The molecule has 0 aliphatic rings. The van der Waals surface area contributed by atoms with Gasteiger partial charge in [-0.1, -0.05) is 19.1 Å². The van der Waals surface area contributed by atoms with E-state index in [1.165, 1.54) is 12.1 Å². The minimum Gasteiger partial charge on any atom is -0.312 e. The molecule has 0 fully saturated rings. The van der Waals surface area contributed by atoms with Crippen molar-refractivity contribution in [2.24, 2.45) is 0 Å². The number of nitrogens with zero attached hydrogens (tertiary/aromatic N) is 6. The van der Waals surface area contributed by atoms with E-state index in [0.29, 0.717) is 24.1 Å². The smallest absolute Gasteiger partial charge is 0.280 e. The molecular formula is C20H21FN6O. The lowest BCUT2D eigenvalue weighted by Crippen LogP contribution is -2.27. The molecule has 144 valence electrons. The highest BCUT2D eigenvalue weighted by Gasteiger charge is 2.18. The molecule has 0 spiro atoms. The van der Waals surface area contributed by atoms with Gasteiger partial charge in [0.1, 0.15) is 11.3 Å². The van der Waals surface area contributed by atoms with E-state index in [0.717, 1.165) is 23.4 Å². The van der Waals surface area contributed by atoms with Crippen LogP contribution in [0.3, 0.4) is 0 Å². The highest BCUT2D eigenvalue weighted by atomic mass is 19.1. The fourth-order valence-electron chi connectivity index (χ4n) is 3.27. The summed E-state index contributed by atoms with van der Waals surface area (Å²) in [6.07, 6.45) is 2.44. The summed E-state index contributed by atoms with van der Waals surface area (Å²) < 4.78 is 16.6. The van der Waals surface area contributed by atoms with Crippen LogP contribution in [0, 0.1) is 5.82 Å². The standard InChI is InChI=1S/C20H21FN6O/c1-4-15-17(13-5-7-14(21)8-6-13)19-23-22-18-16(27(19)24-15)9-10-26(20(18)28)12-11-25(2)3/h5-10H,4,11-12H2,1-3H3. The monoisotopic (exact) mass is 380 g/mol. The number of rotatable bonds is 5. The van der Waals surface area contributed by atoms with Crippen LogP contribution >= 0.6 is 0 Å². The third-order valence-corrected chi connectivity index (χ3v) is 4.78. The average Bonchev–Trinajstić information content (AvgIpc) is 3.07. The van der Waals surface area contributed by atoms with Crippen LogP contribution in [-0.4, -0.2) is 49.9 Å². The number of hydrogen-bond donors (Lipinski definition) is 0. The SMILES string of the molecule is CCc1nn2c(nnc3c(=O)n(CCN(C)C)ccc32)c1-c1ccc(F)cc1. The summed E-state index contributed by atoms with van der Waals surface area (Å²) in [7, 11) is 3.92. The Hall–Kier alpha value is -3.13. The van der Waals surface area contributed by atoms with Crippen molar-refractivity contribution in [1.29, 1.82) is 0 Å². The second-order valence-corrected chi connectivity index (χ2v) is 6.97. The molecule has 4 aromatic rings. The predicted octanol–water partition coefficient (Wildman–Crippen LogP) is 2.37. The van der Waals surface area contributed by atoms with Gasteiger partial charge in [0.2, 0.25) is 0 Å². The van der Waals surface area contributed by atoms with E-state index in [-0.39, 0.29) is 16.9 Å². The molecule has 0 radical (unpaired) electrons. The van der Waals surface area contributed by atoms with Gasteiger partial charge in [0.15, 0.2) is 11.2 Å². The van der Waals surface area contributed by atoms with Crippen LogP contribution < -0.4 is 5.56 Å². The molecule has 28 heavy (non-hydrogen) atoms. The van der Waals surface area contributed by atoms with Crippen LogP contribution in [0.4, 0.5) is 4.39 Å². The molecule has 0 amide bonds. The number of likely N-dealkylation sites (N-methyl/N-ethyl adjacent to an activating group) is 1. The zero-order chi connectivity index (χ0) is 19.8. The summed E-state index contributed by atoms with van der Waals surface area (Å²) in [5.41, 5.74) is 3.72. The van der Waals surface area contributed by atoms with Crippen LogP contribution in [0.5, 0.6) is 0 Å². The third-order valence-electron chi connectivity index (χ3n) is 4.78. The molecule has 0 aliphatic carbocycles. The molecule has 3 aromatic heterocycles. The first-order valence-corrected chi connectivity index (χ1v) is 9.17. The van der Waals surface area contributed by atoms with Gasteiger partial charge in [0, 0.05) is 19.3 Å². The van der Waals surface area contributed by atoms with Crippen molar-refractivity contribution in [3.8, 4) is 11.1 Å². The van der Waals surface area contributed by atoms with Crippen LogP contribution in [-0.2, 0) is 13.0 Å². The summed E-state index contributed by atoms with van der Waals surface area (Å²) in [6.45, 7) is 3.32. The second kappa shape index (κ2) is 7.12. The van der Waals surface area contributed by atoms with Crippen LogP contribution in [0.2, 0.25) is 0 Å². The van der Waals surface area contributed by atoms with Crippen molar-refractivity contribution in [2.75, 3.05) is 20.6 Å². The molecule has 0 N–H and O–H groups in total. The maximum absolute atomic E-state index is 13.3. The predicted molar refractivity (Wildman–Crippen MR) is 106 cm³/mol. The first-order chi connectivity index (χ1) is 13.5. The number of hydrogen-bond acceptors (Lipinski definition) is 5. The molecule has 8 heteroatoms. The first kappa shape index (κ1) is 18.2.